The zero-order chi connectivity index (χ0) is 13.2. The Morgan fingerprint density at radius 2 is 2.00 bits per heavy atom. The van der Waals surface area contributed by atoms with Crippen LogP contribution in [0.15, 0.2) is 30.3 Å². The third-order valence-corrected chi connectivity index (χ3v) is 4.20. The Balaban J connectivity index is 2.39. The molecule has 2 N–H and O–H groups in total. The quantitative estimate of drug-likeness (QED) is 0.864. The minimum atomic E-state index is -1.12. The Kier molecular flexibility index (Phi) is 3.71. The smallest absolute Gasteiger partial charge is 0.313 e. The van der Waals surface area contributed by atoms with Crippen molar-refractivity contribution in [3.8, 4) is 0 Å². The van der Waals surface area contributed by atoms with E-state index in [9.17, 15) is 15.0 Å². The summed E-state index contributed by atoms with van der Waals surface area (Å²) in [5.74, 6) is -1.74. The fourth-order valence-electron chi connectivity index (χ4n) is 3.07. The molecule has 2 rings (SSSR count). The van der Waals surface area contributed by atoms with E-state index in [0.29, 0.717) is 12.0 Å². The van der Waals surface area contributed by atoms with Gasteiger partial charge in [0, 0.05) is 0 Å². The Morgan fingerprint density at radius 3 is 2.56 bits per heavy atom. The molecule has 1 aliphatic rings. The molecule has 0 radical (unpaired) electrons. The number of benzene rings is 1. The van der Waals surface area contributed by atoms with Crippen molar-refractivity contribution in [2.24, 2.45) is 5.92 Å². The van der Waals surface area contributed by atoms with E-state index in [1.807, 2.05) is 25.1 Å². The normalized spacial score (nSPS) is 29.8. The first-order chi connectivity index (χ1) is 8.55. The van der Waals surface area contributed by atoms with Gasteiger partial charge in [-0.1, -0.05) is 50.1 Å². The summed E-state index contributed by atoms with van der Waals surface area (Å²) in [6, 6.07) is 9.08. The molecule has 3 heteroatoms. The summed E-state index contributed by atoms with van der Waals surface area (Å²) in [6.07, 6.45) is 3.44. The van der Waals surface area contributed by atoms with Gasteiger partial charge in [0.2, 0.25) is 0 Å². The number of carboxylic acids is 1. The number of carbonyl (C=O) groups is 1. The van der Waals surface area contributed by atoms with E-state index in [2.05, 4.69) is 0 Å². The van der Waals surface area contributed by atoms with E-state index in [4.69, 9.17) is 0 Å². The summed E-state index contributed by atoms with van der Waals surface area (Å²) < 4.78 is 0. The summed E-state index contributed by atoms with van der Waals surface area (Å²) in [6.45, 7) is 1.96. The number of aliphatic carboxylic acids is 1. The molecule has 0 amide bonds. The second-order valence-electron chi connectivity index (χ2n) is 5.32. The summed E-state index contributed by atoms with van der Waals surface area (Å²) in [7, 11) is 0. The standard InChI is InChI=1S/C15H20O3/c1-11-7-5-6-10-15(11,18)13(14(16)17)12-8-3-2-4-9-12/h2-4,8-9,11,13,18H,5-7,10H2,1H3,(H,16,17)/t11-,13+,15+/m1/s1. The average Bonchev–Trinajstić information content (AvgIpc) is 2.34. The lowest BCUT2D eigenvalue weighted by atomic mass is 9.67. The molecule has 0 saturated heterocycles. The third kappa shape index (κ3) is 2.27. The molecule has 18 heavy (non-hydrogen) atoms. The van der Waals surface area contributed by atoms with Crippen LogP contribution < -0.4 is 0 Å². The largest absolute Gasteiger partial charge is 0.481 e. The molecule has 3 atom stereocenters. The first-order valence-corrected chi connectivity index (χ1v) is 6.56. The SMILES string of the molecule is C[C@@H]1CCCC[C@@]1(O)[C@H](C(=O)O)c1ccccc1. The highest BCUT2D eigenvalue weighted by Crippen LogP contribution is 2.43. The van der Waals surface area contributed by atoms with Crippen LogP contribution in [-0.4, -0.2) is 21.8 Å². The number of carboxylic acid groups (broad SMARTS) is 1. The lowest BCUT2D eigenvalue weighted by Crippen LogP contribution is -2.47. The van der Waals surface area contributed by atoms with Crippen molar-refractivity contribution in [1.29, 1.82) is 0 Å². The maximum absolute atomic E-state index is 11.6. The summed E-state index contributed by atoms with van der Waals surface area (Å²) >= 11 is 0. The van der Waals surface area contributed by atoms with Crippen molar-refractivity contribution in [1.82, 2.24) is 0 Å². The van der Waals surface area contributed by atoms with Crippen molar-refractivity contribution < 1.29 is 15.0 Å². The summed E-state index contributed by atoms with van der Waals surface area (Å²) in [5, 5.41) is 20.3. The molecule has 0 heterocycles. The molecule has 3 nitrogen and oxygen atoms in total. The van der Waals surface area contributed by atoms with E-state index in [1.165, 1.54) is 0 Å². The molecule has 0 spiro atoms. The van der Waals surface area contributed by atoms with Crippen LogP contribution >= 0.6 is 0 Å². The van der Waals surface area contributed by atoms with Crippen molar-refractivity contribution >= 4 is 5.97 Å². The molecular formula is C15H20O3. The predicted octanol–water partition coefficient (Wildman–Crippen LogP) is 2.80. The minimum absolute atomic E-state index is 0.0209. The van der Waals surface area contributed by atoms with Crippen molar-refractivity contribution in [2.45, 2.75) is 44.1 Å². The first kappa shape index (κ1) is 13.1. The van der Waals surface area contributed by atoms with Crippen LogP contribution in [0.3, 0.4) is 0 Å². The van der Waals surface area contributed by atoms with Gasteiger partial charge in [-0.2, -0.15) is 0 Å². The Morgan fingerprint density at radius 1 is 1.33 bits per heavy atom. The van der Waals surface area contributed by atoms with Gasteiger partial charge < -0.3 is 10.2 Å². The second kappa shape index (κ2) is 5.11. The van der Waals surface area contributed by atoms with Gasteiger partial charge in [0.15, 0.2) is 0 Å². The van der Waals surface area contributed by atoms with Crippen LogP contribution in [0, 0.1) is 5.92 Å². The lowest BCUT2D eigenvalue weighted by molar-refractivity contribution is -0.151. The van der Waals surface area contributed by atoms with Gasteiger partial charge in [-0.05, 0) is 24.3 Å². The minimum Gasteiger partial charge on any atom is -0.481 e. The monoisotopic (exact) mass is 248 g/mol. The molecule has 98 valence electrons. The van der Waals surface area contributed by atoms with E-state index in [-0.39, 0.29) is 5.92 Å². The molecule has 0 aromatic heterocycles. The molecule has 1 aromatic rings. The van der Waals surface area contributed by atoms with Crippen LogP contribution in [-0.2, 0) is 4.79 Å². The van der Waals surface area contributed by atoms with Crippen LogP contribution in [0.2, 0.25) is 0 Å². The maximum Gasteiger partial charge on any atom is 0.313 e. The molecule has 1 fully saturated rings. The van der Waals surface area contributed by atoms with E-state index >= 15 is 0 Å². The highest BCUT2D eigenvalue weighted by atomic mass is 16.4. The Bertz CT molecular complexity index is 415. The van der Waals surface area contributed by atoms with Gasteiger partial charge in [-0.15, -0.1) is 0 Å². The van der Waals surface area contributed by atoms with Crippen molar-refractivity contribution in [3.05, 3.63) is 35.9 Å². The fraction of sp³-hybridized carbons (Fsp3) is 0.533. The second-order valence-corrected chi connectivity index (χ2v) is 5.32. The summed E-state index contributed by atoms with van der Waals surface area (Å²) in [4.78, 5) is 11.6. The van der Waals surface area contributed by atoms with Gasteiger partial charge in [0.05, 0.1) is 5.60 Å². The third-order valence-electron chi connectivity index (χ3n) is 4.20. The van der Waals surface area contributed by atoms with Crippen LogP contribution in [0.4, 0.5) is 0 Å². The van der Waals surface area contributed by atoms with Gasteiger partial charge >= 0.3 is 5.97 Å². The fourth-order valence-corrected chi connectivity index (χ4v) is 3.07. The lowest BCUT2D eigenvalue weighted by Gasteiger charge is -2.42. The van der Waals surface area contributed by atoms with Crippen molar-refractivity contribution in [2.75, 3.05) is 0 Å². The Labute approximate surface area is 107 Å². The molecule has 1 saturated carbocycles. The molecular weight excluding hydrogens is 228 g/mol. The molecule has 1 aromatic carbocycles. The van der Waals surface area contributed by atoms with E-state index in [0.717, 1.165) is 19.3 Å². The first-order valence-electron chi connectivity index (χ1n) is 6.56. The Hall–Kier alpha value is -1.35. The number of hydrogen-bond donors (Lipinski definition) is 2. The highest BCUT2D eigenvalue weighted by Gasteiger charge is 2.47. The van der Waals surface area contributed by atoms with Gasteiger partial charge in [-0.3, -0.25) is 4.79 Å². The number of aliphatic hydroxyl groups is 1. The molecule has 1 aliphatic carbocycles. The zero-order valence-corrected chi connectivity index (χ0v) is 10.7. The molecule has 0 unspecified atom stereocenters. The number of rotatable bonds is 3. The van der Waals surface area contributed by atoms with Crippen molar-refractivity contribution in [3.63, 3.8) is 0 Å². The van der Waals surface area contributed by atoms with Gasteiger partial charge in [0.25, 0.3) is 0 Å². The van der Waals surface area contributed by atoms with E-state index in [1.54, 1.807) is 12.1 Å². The van der Waals surface area contributed by atoms with E-state index < -0.39 is 17.5 Å². The van der Waals surface area contributed by atoms with Crippen LogP contribution in [0.5, 0.6) is 0 Å². The van der Waals surface area contributed by atoms with Gasteiger partial charge in [0.1, 0.15) is 5.92 Å². The number of hydrogen-bond acceptors (Lipinski definition) is 2. The van der Waals surface area contributed by atoms with Crippen LogP contribution in [0.25, 0.3) is 0 Å². The predicted molar refractivity (Wildman–Crippen MR) is 69.4 cm³/mol. The molecule has 0 aliphatic heterocycles. The van der Waals surface area contributed by atoms with Gasteiger partial charge in [-0.25, -0.2) is 0 Å². The highest BCUT2D eigenvalue weighted by molar-refractivity contribution is 5.78. The average molecular weight is 248 g/mol. The topological polar surface area (TPSA) is 57.5 Å². The van der Waals surface area contributed by atoms with Crippen LogP contribution in [0.1, 0.15) is 44.1 Å². The maximum atomic E-state index is 11.6. The molecule has 0 bridgehead atoms. The zero-order valence-electron chi connectivity index (χ0n) is 10.7. The summed E-state index contributed by atoms with van der Waals surface area (Å²) in [5.41, 5.74) is -0.424.